The molecule has 0 aliphatic rings. The van der Waals surface area contributed by atoms with Gasteiger partial charge in [0.25, 0.3) is 0 Å². The van der Waals surface area contributed by atoms with E-state index in [1.54, 1.807) is 17.4 Å². The van der Waals surface area contributed by atoms with Crippen LogP contribution in [0.1, 0.15) is 16.5 Å². The quantitative estimate of drug-likeness (QED) is 0.725. The van der Waals surface area contributed by atoms with E-state index in [4.69, 9.17) is 10.8 Å². The summed E-state index contributed by atoms with van der Waals surface area (Å²) in [7, 11) is 0. The van der Waals surface area contributed by atoms with E-state index in [0.29, 0.717) is 0 Å². The molecule has 0 amide bonds. The van der Waals surface area contributed by atoms with Crippen LogP contribution in [0.5, 0.6) is 11.5 Å². The molecule has 4 N–H and O–H groups in total. The van der Waals surface area contributed by atoms with Gasteiger partial charge in [0.05, 0.1) is 6.04 Å². The number of phenolic OH excluding ortho intramolecular Hbond substituents is 2. The second-order valence-corrected chi connectivity index (χ2v) is 4.22. The predicted octanol–water partition coefficient (Wildman–Crippen LogP) is 2.63. The molecule has 16 heavy (non-hydrogen) atoms. The maximum absolute atomic E-state index is 9.34. The van der Waals surface area contributed by atoms with E-state index in [0.717, 1.165) is 10.4 Å². The summed E-state index contributed by atoms with van der Waals surface area (Å²) in [6, 6.07) is 8.26. The number of nitrogens with two attached hydrogens (primary N) is 1. The molecule has 1 aromatic heterocycles. The van der Waals surface area contributed by atoms with Crippen molar-refractivity contribution in [2.24, 2.45) is 5.73 Å². The van der Waals surface area contributed by atoms with Crippen LogP contribution in [0, 0.1) is 0 Å². The van der Waals surface area contributed by atoms with Crippen LogP contribution >= 0.6 is 23.7 Å². The van der Waals surface area contributed by atoms with Gasteiger partial charge < -0.3 is 15.9 Å². The van der Waals surface area contributed by atoms with Gasteiger partial charge in [-0.3, -0.25) is 0 Å². The molecule has 0 saturated heterocycles. The molecule has 0 saturated carbocycles. The number of thiophene rings is 1. The Balaban J connectivity index is 0.00000128. The Morgan fingerprint density at radius 1 is 1.12 bits per heavy atom. The maximum Gasteiger partial charge on any atom is 0.157 e. The molecule has 0 bridgehead atoms. The second kappa shape index (κ2) is 5.21. The number of rotatable bonds is 2. The van der Waals surface area contributed by atoms with Gasteiger partial charge in [-0.2, -0.15) is 0 Å². The van der Waals surface area contributed by atoms with E-state index in [1.807, 2.05) is 17.5 Å². The summed E-state index contributed by atoms with van der Waals surface area (Å²) >= 11 is 1.57. The number of aromatic hydroxyl groups is 2. The van der Waals surface area contributed by atoms with Crippen molar-refractivity contribution in [1.82, 2.24) is 0 Å². The highest BCUT2D eigenvalue weighted by atomic mass is 35.5. The summed E-state index contributed by atoms with van der Waals surface area (Å²) in [5, 5.41) is 20.5. The smallest absolute Gasteiger partial charge is 0.157 e. The molecule has 1 atom stereocenters. The summed E-state index contributed by atoms with van der Waals surface area (Å²) in [6.45, 7) is 0. The summed E-state index contributed by atoms with van der Waals surface area (Å²) in [5.74, 6) is -0.267. The molecule has 86 valence electrons. The molecular weight excluding hydrogens is 246 g/mol. The fourth-order valence-corrected chi connectivity index (χ4v) is 2.12. The lowest BCUT2D eigenvalue weighted by atomic mass is 10.1. The molecule has 3 nitrogen and oxygen atoms in total. The first-order valence-corrected chi connectivity index (χ1v) is 5.37. The molecule has 0 radical (unpaired) electrons. The van der Waals surface area contributed by atoms with Gasteiger partial charge in [-0.25, -0.2) is 0 Å². The van der Waals surface area contributed by atoms with E-state index >= 15 is 0 Å². The van der Waals surface area contributed by atoms with Crippen LogP contribution < -0.4 is 5.73 Å². The van der Waals surface area contributed by atoms with E-state index in [2.05, 4.69) is 0 Å². The first kappa shape index (κ1) is 12.8. The van der Waals surface area contributed by atoms with Crippen molar-refractivity contribution in [2.45, 2.75) is 6.04 Å². The monoisotopic (exact) mass is 257 g/mol. The molecule has 0 fully saturated rings. The number of phenols is 2. The zero-order valence-electron chi connectivity index (χ0n) is 8.33. The van der Waals surface area contributed by atoms with Crippen molar-refractivity contribution in [3.8, 4) is 11.5 Å². The predicted molar refractivity (Wildman–Crippen MR) is 67.4 cm³/mol. The van der Waals surface area contributed by atoms with Crippen LogP contribution in [-0.4, -0.2) is 10.2 Å². The minimum atomic E-state index is -0.253. The molecule has 5 heteroatoms. The average Bonchev–Trinajstić information content (AvgIpc) is 2.74. The number of benzene rings is 1. The Bertz CT molecular complexity index is 459. The zero-order chi connectivity index (χ0) is 10.8. The summed E-state index contributed by atoms with van der Waals surface area (Å²) in [6.07, 6.45) is 0. The van der Waals surface area contributed by atoms with Gasteiger partial charge in [0.15, 0.2) is 11.5 Å². The van der Waals surface area contributed by atoms with Crippen LogP contribution in [-0.2, 0) is 0 Å². The van der Waals surface area contributed by atoms with Crippen molar-refractivity contribution in [3.63, 3.8) is 0 Å². The van der Waals surface area contributed by atoms with Gasteiger partial charge in [-0.1, -0.05) is 12.1 Å². The lowest BCUT2D eigenvalue weighted by molar-refractivity contribution is 0.403. The summed E-state index contributed by atoms with van der Waals surface area (Å²) in [5.41, 5.74) is 6.78. The van der Waals surface area contributed by atoms with E-state index in [-0.39, 0.29) is 29.9 Å². The number of hydrogen-bond acceptors (Lipinski definition) is 4. The highest BCUT2D eigenvalue weighted by molar-refractivity contribution is 7.10. The van der Waals surface area contributed by atoms with Crippen LogP contribution in [0.2, 0.25) is 0 Å². The van der Waals surface area contributed by atoms with Crippen LogP contribution in [0.25, 0.3) is 0 Å². The van der Waals surface area contributed by atoms with Gasteiger partial charge >= 0.3 is 0 Å². The Morgan fingerprint density at radius 2 is 1.88 bits per heavy atom. The standard InChI is InChI=1S/C11H11NO2S.ClH/c12-11(10-2-1-5-15-10)7-3-4-8(13)9(14)6-7;/h1-6,11,13-14H,12H2;1H/t11-;/m1./s1. The van der Waals surface area contributed by atoms with Crippen molar-refractivity contribution in [1.29, 1.82) is 0 Å². The lowest BCUT2D eigenvalue weighted by Gasteiger charge is -2.10. The van der Waals surface area contributed by atoms with Crippen LogP contribution in [0.4, 0.5) is 0 Å². The third kappa shape index (κ3) is 2.47. The van der Waals surface area contributed by atoms with E-state index < -0.39 is 0 Å². The molecule has 0 spiro atoms. The summed E-state index contributed by atoms with van der Waals surface area (Å²) in [4.78, 5) is 1.03. The van der Waals surface area contributed by atoms with Gasteiger partial charge in [0, 0.05) is 4.88 Å². The van der Waals surface area contributed by atoms with Gasteiger partial charge in [0.2, 0.25) is 0 Å². The number of hydrogen-bond donors (Lipinski definition) is 3. The van der Waals surface area contributed by atoms with E-state index in [9.17, 15) is 5.11 Å². The fraction of sp³-hybridized carbons (Fsp3) is 0.0909. The lowest BCUT2D eigenvalue weighted by Crippen LogP contribution is -2.09. The Hall–Kier alpha value is -1.23. The Morgan fingerprint density at radius 3 is 2.44 bits per heavy atom. The van der Waals surface area contributed by atoms with Crippen LogP contribution in [0.15, 0.2) is 35.7 Å². The largest absolute Gasteiger partial charge is 0.504 e. The van der Waals surface area contributed by atoms with Crippen LogP contribution in [0.3, 0.4) is 0 Å². The van der Waals surface area contributed by atoms with Gasteiger partial charge in [0.1, 0.15) is 0 Å². The molecule has 0 unspecified atom stereocenters. The molecule has 1 heterocycles. The van der Waals surface area contributed by atoms with Crippen molar-refractivity contribution < 1.29 is 10.2 Å². The van der Waals surface area contributed by atoms with Gasteiger partial charge in [-0.05, 0) is 29.1 Å². The summed E-state index contributed by atoms with van der Waals surface area (Å²) < 4.78 is 0. The molecule has 2 rings (SSSR count). The average molecular weight is 258 g/mol. The molecular formula is C11H12ClNO2S. The molecule has 2 aromatic rings. The second-order valence-electron chi connectivity index (χ2n) is 3.24. The molecule has 1 aromatic carbocycles. The molecule has 0 aliphatic heterocycles. The fourth-order valence-electron chi connectivity index (χ4n) is 1.37. The van der Waals surface area contributed by atoms with Crippen molar-refractivity contribution in [2.75, 3.05) is 0 Å². The zero-order valence-corrected chi connectivity index (χ0v) is 9.96. The van der Waals surface area contributed by atoms with Crippen molar-refractivity contribution >= 4 is 23.7 Å². The minimum absolute atomic E-state index is 0. The van der Waals surface area contributed by atoms with Gasteiger partial charge in [-0.15, -0.1) is 23.7 Å². The maximum atomic E-state index is 9.34. The topological polar surface area (TPSA) is 66.5 Å². The molecule has 0 aliphatic carbocycles. The highest BCUT2D eigenvalue weighted by Crippen LogP contribution is 2.30. The number of halogens is 1. The van der Waals surface area contributed by atoms with E-state index in [1.165, 1.54) is 12.1 Å². The third-order valence-electron chi connectivity index (χ3n) is 2.21. The Labute approximate surface area is 104 Å². The Kier molecular flexibility index (Phi) is 4.18. The minimum Gasteiger partial charge on any atom is -0.504 e. The normalized spacial score (nSPS) is 11.8. The SMILES string of the molecule is Cl.N[C@H](c1ccc(O)c(O)c1)c1cccs1. The highest BCUT2D eigenvalue weighted by Gasteiger charge is 2.11. The first-order valence-electron chi connectivity index (χ1n) is 4.49. The third-order valence-corrected chi connectivity index (χ3v) is 3.16. The van der Waals surface area contributed by atoms with Crippen molar-refractivity contribution in [3.05, 3.63) is 46.2 Å². The first-order chi connectivity index (χ1) is 7.18.